The van der Waals surface area contributed by atoms with E-state index in [2.05, 4.69) is 16.5 Å². The molecule has 0 aliphatic carbocycles. The Morgan fingerprint density at radius 1 is 1.12 bits per heavy atom. The van der Waals surface area contributed by atoms with E-state index in [-0.39, 0.29) is 5.88 Å². The van der Waals surface area contributed by atoms with Gasteiger partial charge in [0.05, 0.1) is 22.9 Å². The number of carbonyl (C=O) groups excluding carboxylic acids is 1. The number of rotatable bonds is 4. The second-order valence-electron chi connectivity index (χ2n) is 6.23. The molecule has 0 aliphatic rings. The largest absolute Gasteiger partial charge is 0.418 e. The van der Waals surface area contributed by atoms with E-state index in [1.807, 2.05) is 48.5 Å². The molecule has 3 rings (SSSR count). The van der Waals surface area contributed by atoms with Gasteiger partial charge >= 0.3 is 6.09 Å². The van der Waals surface area contributed by atoms with Crippen molar-refractivity contribution in [2.24, 2.45) is 0 Å². The normalized spacial score (nSPS) is 10.8. The van der Waals surface area contributed by atoms with Crippen molar-refractivity contribution in [1.82, 2.24) is 9.78 Å². The SMILES string of the molecule is CC(C)(C#N)c1cc(OC(=O)Nc2ccccc2)n(-c2ccccc2)n1. The van der Waals surface area contributed by atoms with Crippen molar-refractivity contribution in [3.63, 3.8) is 0 Å². The Balaban J connectivity index is 1.92. The standard InChI is InChI=1S/C20H18N4O2/c1-20(2,14-21)17-13-18(24(23-17)16-11-7-4-8-12-16)26-19(25)22-15-9-5-3-6-10-15/h3-13H,1-2H3,(H,22,25). The van der Waals surface area contributed by atoms with E-state index in [4.69, 9.17) is 4.74 Å². The summed E-state index contributed by atoms with van der Waals surface area (Å²) in [5.74, 6) is 0.239. The predicted molar refractivity (Wildman–Crippen MR) is 98.3 cm³/mol. The second-order valence-corrected chi connectivity index (χ2v) is 6.23. The number of anilines is 1. The van der Waals surface area contributed by atoms with Gasteiger partial charge in [0, 0.05) is 11.8 Å². The summed E-state index contributed by atoms with van der Waals surface area (Å²) in [4.78, 5) is 12.3. The van der Waals surface area contributed by atoms with Crippen LogP contribution in [-0.4, -0.2) is 15.9 Å². The van der Waals surface area contributed by atoms with Crippen molar-refractivity contribution in [3.05, 3.63) is 72.4 Å². The number of nitrogens with zero attached hydrogens (tertiary/aromatic N) is 3. The number of ether oxygens (including phenoxy) is 1. The van der Waals surface area contributed by atoms with Crippen molar-refractivity contribution < 1.29 is 9.53 Å². The first-order valence-electron chi connectivity index (χ1n) is 8.11. The van der Waals surface area contributed by atoms with E-state index in [1.165, 1.54) is 4.68 Å². The molecule has 130 valence electrons. The van der Waals surface area contributed by atoms with E-state index in [9.17, 15) is 10.1 Å². The Morgan fingerprint density at radius 2 is 1.73 bits per heavy atom. The minimum Gasteiger partial charge on any atom is -0.391 e. The van der Waals surface area contributed by atoms with E-state index in [1.54, 1.807) is 32.0 Å². The highest BCUT2D eigenvalue weighted by Crippen LogP contribution is 2.27. The Kier molecular flexibility index (Phi) is 4.72. The lowest BCUT2D eigenvalue weighted by Crippen LogP contribution is -2.18. The Labute approximate surface area is 151 Å². The van der Waals surface area contributed by atoms with E-state index < -0.39 is 11.5 Å². The third-order valence-electron chi connectivity index (χ3n) is 3.81. The molecule has 6 heteroatoms. The summed E-state index contributed by atoms with van der Waals surface area (Å²) < 4.78 is 6.98. The number of aromatic nitrogens is 2. The zero-order valence-electron chi connectivity index (χ0n) is 14.5. The average Bonchev–Trinajstić information content (AvgIpc) is 3.08. The molecule has 1 amide bonds. The lowest BCUT2D eigenvalue weighted by atomic mass is 9.92. The van der Waals surface area contributed by atoms with Gasteiger partial charge < -0.3 is 4.74 Å². The lowest BCUT2D eigenvalue weighted by molar-refractivity contribution is 0.212. The van der Waals surface area contributed by atoms with Gasteiger partial charge in [-0.15, -0.1) is 0 Å². The van der Waals surface area contributed by atoms with Gasteiger partial charge in [-0.1, -0.05) is 36.4 Å². The molecule has 0 aliphatic heterocycles. The van der Waals surface area contributed by atoms with E-state index >= 15 is 0 Å². The van der Waals surface area contributed by atoms with Crippen molar-refractivity contribution in [1.29, 1.82) is 5.26 Å². The van der Waals surface area contributed by atoms with Crippen molar-refractivity contribution in [3.8, 4) is 17.6 Å². The summed E-state index contributed by atoms with van der Waals surface area (Å²) in [6.07, 6.45) is -0.630. The van der Waals surface area contributed by atoms with Crippen molar-refractivity contribution in [2.75, 3.05) is 5.32 Å². The van der Waals surface area contributed by atoms with Gasteiger partial charge in [0.2, 0.25) is 5.88 Å². The first kappa shape index (κ1) is 17.2. The predicted octanol–water partition coefficient (Wildman–Crippen LogP) is 4.28. The van der Waals surface area contributed by atoms with Crippen LogP contribution in [0.3, 0.4) is 0 Å². The molecular formula is C20H18N4O2. The number of amides is 1. The monoisotopic (exact) mass is 346 g/mol. The van der Waals surface area contributed by atoms with Gasteiger partial charge in [0.15, 0.2) is 0 Å². The fraction of sp³-hybridized carbons (Fsp3) is 0.150. The highest BCUT2D eigenvalue weighted by molar-refractivity contribution is 5.86. The fourth-order valence-electron chi connectivity index (χ4n) is 2.31. The minimum atomic E-state index is -0.811. The zero-order valence-corrected chi connectivity index (χ0v) is 14.5. The average molecular weight is 346 g/mol. The summed E-state index contributed by atoms with van der Waals surface area (Å²) in [7, 11) is 0. The molecule has 0 radical (unpaired) electrons. The zero-order chi connectivity index (χ0) is 18.6. The number of nitriles is 1. The van der Waals surface area contributed by atoms with E-state index in [0.717, 1.165) is 5.69 Å². The molecule has 6 nitrogen and oxygen atoms in total. The Hall–Kier alpha value is -3.59. The van der Waals surface area contributed by atoms with Crippen LogP contribution in [0.15, 0.2) is 66.7 Å². The molecule has 3 aromatic rings. The summed E-state index contributed by atoms with van der Waals surface area (Å²) in [6.45, 7) is 3.52. The molecule has 1 N–H and O–H groups in total. The number of hydrogen-bond donors (Lipinski definition) is 1. The molecule has 0 spiro atoms. The minimum absolute atomic E-state index is 0.239. The number of benzene rings is 2. The number of para-hydroxylation sites is 2. The number of carbonyl (C=O) groups is 1. The second kappa shape index (κ2) is 7.11. The molecule has 0 saturated heterocycles. The Bertz CT molecular complexity index is 941. The van der Waals surface area contributed by atoms with Crippen molar-refractivity contribution in [2.45, 2.75) is 19.3 Å². The van der Waals surface area contributed by atoms with Crippen LogP contribution in [0.2, 0.25) is 0 Å². The van der Waals surface area contributed by atoms with Crippen LogP contribution < -0.4 is 10.1 Å². The first-order chi connectivity index (χ1) is 12.5. The van der Waals surface area contributed by atoms with Crippen LogP contribution in [0.5, 0.6) is 5.88 Å². The summed E-state index contributed by atoms with van der Waals surface area (Å²) in [5, 5.41) is 16.5. The molecule has 1 heterocycles. The van der Waals surface area contributed by atoms with Crippen LogP contribution in [0.25, 0.3) is 5.69 Å². The summed E-state index contributed by atoms with van der Waals surface area (Å²) in [6, 6.07) is 22.1. The number of nitrogens with one attached hydrogen (secondary N) is 1. The summed E-state index contributed by atoms with van der Waals surface area (Å²) in [5.41, 5.74) is 1.07. The molecule has 2 aromatic carbocycles. The molecule has 0 unspecified atom stereocenters. The smallest absolute Gasteiger partial charge is 0.391 e. The van der Waals surface area contributed by atoms with Gasteiger partial charge in [-0.25, -0.2) is 9.48 Å². The van der Waals surface area contributed by atoms with Gasteiger partial charge in [0.25, 0.3) is 0 Å². The maximum Gasteiger partial charge on any atom is 0.418 e. The highest BCUT2D eigenvalue weighted by Gasteiger charge is 2.26. The molecular weight excluding hydrogens is 328 g/mol. The molecule has 1 aromatic heterocycles. The molecule has 0 bridgehead atoms. The Morgan fingerprint density at radius 3 is 2.35 bits per heavy atom. The third-order valence-corrected chi connectivity index (χ3v) is 3.81. The number of hydrogen-bond acceptors (Lipinski definition) is 4. The molecule has 0 fully saturated rings. The lowest BCUT2D eigenvalue weighted by Gasteiger charge is -2.10. The van der Waals surface area contributed by atoms with E-state index in [0.29, 0.717) is 11.4 Å². The van der Waals surface area contributed by atoms with Gasteiger partial charge in [0.1, 0.15) is 0 Å². The quantitative estimate of drug-likeness (QED) is 0.764. The van der Waals surface area contributed by atoms with Crippen molar-refractivity contribution >= 4 is 11.8 Å². The molecule has 0 atom stereocenters. The highest BCUT2D eigenvalue weighted by atomic mass is 16.6. The van der Waals surface area contributed by atoms with Crippen LogP contribution in [0.1, 0.15) is 19.5 Å². The van der Waals surface area contributed by atoms with Gasteiger partial charge in [-0.3, -0.25) is 5.32 Å². The molecule has 0 saturated carbocycles. The van der Waals surface area contributed by atoms with Crippen LogP contribution in [0.4, 0.5) is 10.5 Å². The maximum absolute atomic E-state index is 12.3. The van der Waals surface area contributed by atoms with Crippen LogP contribution in [0, 0.1) is 11.3 Å². The van der Waals surface area contributed by atoms with Crippen LogP contribution in [-0.2, 0) is 5.41 Å². The van der Waals surface area contributed by atoms with Gasteiger partial charge in [-0.2, -0.15) is 10.4 Å². The van der Waals surface area contributed by atoms with Gasteiger partial charge in [-0.05, 0) is 38.1 Å². The topological polar surface area (TPSA) is 79.9 Å². The van der Waals surface area contributed by atoms with Crippen LogP contribution >= 0.6 is 0 Å². The molecule has 26 heavy (non-hydrogen) atoms. The maximum atomic E-state index is 12.3. The third kappa shape index (κ3) is 3.73. The fourth-order valence-corrected chi connectivity index (χ4v) is 2.31. The summed E-state index contributed by atoms with van der Waals surface area (Å²) >= 11 is 0. The first-order valence-corrected chi connectivity index (χ1v) is 8.11.